The van der Waals surface area contributed by atoms with Gasteiger partial charge in [0, 0.05) is 37.4 Å². The van der Waals surface area contributed by atoms with Crippen LogP contribution in [-0.2, 0) is 40.0 Å². The summed E-state index contributed by atoms with van der Waals surface area (Å²) in [6.45, 7) is 0.527. The molecule has 1 aliphatic heterocycles. The maximum Gasteiger partial charge on any atom is 0.407 e. The Balaban J connectivity index is 2.40. The highest BCUT2D eigenvalue weighted by atomic mass is 16.7. The van der Waals surface area contributed by atoms with E-state index in [0.717, 1.165) is 19.2 Å². The van der Waals surface area contributed by atoms with Crippen molar-refractivity contribution < 1.29 is 63.2 Å². The summed E-state index contributed by atoms with van der Waals surface area (Å²) in [6.07, 6.45) is -6.41. The lowest BCUT2D eigenvalue weighted by atomic mass is 9.71. The molecule has 5 atom stereocenters. The zero-order chi connectivity index (χ0) is 31.6. The van der Waals surface area contributed by atoms with Crippen molar-refractivity contribution in [2.24, 2.45) is 17.8 Å². The van der Waals surface area contributed by atoms with Crippen molar-refractivity contribution in [3.05, 3.63) is 33.9 Å². The summed E-state index contributed by atoms with van der Waals surface area (Å²) in [5, 5.41) is 42.8. The smallest absolute Gasteiger partial charge is 0.407 e. The topological polar surface area (TPSA) is 241 Å². The van der Waals surface area contributed by atoms with Crippen LogP contribution in [0.4, 0.5) is 10.5 Å². The molecule has 4 N–H and O–H groups in total. The number of nitrogens with zero attached hydrogens (tertiary/aromatic N) is 2. The molecule has 17 heteroatoms. The molecular formula is C25H33N3O14. The fourth-order valence-corrected chi connectivity index (χ4v) is 4.57. The van der Waals surface area contributed by atoms with Gasteiger partial charge in [0.15, 0.2) is 11.9 Å². The Hall–Kier alpha value is -4.51. The number of esters is 1. The third-order valence-electron chi connectivity index (χ3n) is 6.44. The highest BCUT2D eigenvalue weighted by molar-refractivity contribution is 5.77. The molecule has 42 heavy (non-hydrogen) atoms. The van der Waals surface area contributed by atoms with Crippen LogP contribution in [0.2, 0.25) is 0 Å². The molecule has 232 valence electrons. The molecule has 0 saturated carbocycles. The normalized spacial score (nSPS) is 21.7. The van der Waals surface area contributed by atoms with Crippen LogP contribution in [0.3, 0.4) is 0 Å². The predicted molar refractivity (Wildman–Crippen MR) is 138 cm³/mol. The first-order valence-electron chi connectivity index (χ1n) is 12.6. The van der Waals surface area contributed by atoms with Gasteiger partial charge in [-0.05, 0) is 31.6 Å². The molecule has 2 rings (SSSR count). The van der Waals surface area contributed by atoms with Gasteiger partial charge in [0.1, 0.15) is 6.61 Å². The summed E-state index contributed by atoms with van der Waals surface area (Å²) >= 11 is 0. The van der Waals surface area contributed by atoms with Gasteiger partial charge in [-0.15, -0.1) is 0 Å². The van der Waals surface area contributed by atoms with Crippen LogP contribution in [0.15, 0.2) is 18.2 Å². The second-order valence-electron chi connectivity index (χ2n) is 9.72. The van der Waals surface area contributed by atoms with Gasteiger partial charge < -0.3 is 44.5 Å². The number of hydrogen-bond donors (Lipinski definition) is 4. The maximum atomic E-state index is 12.5. The molecule has 0 unspecified atom stereocenters. The highest BCUT2D eigenvalue weighted by Gasteiger charge is 2.52. The van der Waals surface area contributed by atoms with E-state index in [1.165, 1.54) is 6.07 Å². The van der Waals surface area contributed by atoms with Crippen molar-refractivity contribution in [1.29, 1.82) is 0 Å². The molecule has 0 aliphatic carbocycles. The predicted octanol–water partition coefficient (Wildman–Crippen LogP) is 0.932. The molecule has 0 aromatic heterocycles. The second-order valence-corrected chi connectivity index (χ2v) is 9.72. The minimum Gasteiger partial charge on any atom is -0.481 e. The number of carboxylic acids is 3. The number of nitro groups is 1. The highest BCUT2D eigenvalue weighted by Crippen LogP contribution is 2.43. The molecule has 1 aromatic carbocycles. The van der Waals surface area contributed by atoms with Crippen molar-refractivity contribution in [1.82, 2.24) is 10.2 Å². The monoisotopic (exact) mass is 599 g/mol. The van der Waals surface area contributed by atoms with Crippen molar-refractivity contribution in [2.45, 2.75) is 38.3 Å². The Morgan fingerprint density at radius 2 is 1.60 bits per heavy atom. The molecule has 1 saturated heterocycles. The van der Waals surface area contributed by atoms with Gasteiger partial charge in [0.25, 0.3) is 0 Å². The zero-order valence-electron chi connectivity index (χ0n) is 23.1. The van der Waals surface area contributed by atoms with Crippen molar-refractivity contribution in [3.63, 3.8) is 0 Å². The van der Waals surface area contributed by atoms with Gasteiger partial charge >= 0.3 is 35.7 Å². The standard InChI is InChI=1S/C25H33N3O14/c1-27(2)7-6-26-25(36)40-12-13-4-5-18(17(8-13)28(37)38)41-24-16(11-21(33)34)14(9-19(29)30)15(10-20(31)32)22(42-24)23(35)39-3/h4-5,8,14-16,22,24H,6-7,9-12H2,1-3H3,(H,26,36)(H,29,30)(H,31,32)(H,33,34)/t14-,15-,16+,22-,24+/m0/s1. The Kier molecular flexibility index (Phi) is 12.4. The van der Waals surface area contributed by atoms with E-state index < -0.39 is 95.7 Å². The Labute approximate surface area is 239 Å². The minimum absolute atomic E-state index is 0.209. The number of nitro benzene ring substituents is 1. The number of alkyl carbamates (subject to hydrolysis) is 1. The van der Waals surface area contributed by atoms with Crippen LogP contribution in [0.1, 0.15) is 24.8 Å². The number of rotatable bonds is 15. The van der Waals surface area contributed by atoms with E-state index >= 15 is 0 Å². The molecule has 0 spiro atoms. The summed E-state index contributed by atoms with van der Waals surface area (Å²) in [4.78, 5) is 72.3. The van der Waals surface area contributed by atoms with E-state index in [9.17, 15) is 49.4 Å². The molecule has 1 amide bonds. The van der Waals surface area contributed by atoms with E-state index in [2.05, 4.69) is 5.32 Å². The number of amides is 1. The first kappa shape index (κ1) is 33.7. The largest absolute Gasteiger partial charge is 0.481 e. The van der Waals surface area contributed by atoms with Crippen LogP contribution in [0.5, 0.6) is 5.75 Å². The van der Waals surface area contributed by atoms with Crippen molar-refractivity contribution in [3.8, 4) is 5.75 Å². The van der Waals surface area contributed by atoms with Gasteiger partial charge in [-0.25, -0.2) is 9.59 Å². The molecule has 1 heterocycles. The fourth-order valence-electron chi connectivity index (χ4n) is 4.57. The SMILES string of the molecule is COC(=O)[C@H]1O[C@@H](Oc2ccc(COC(=O)NCCN(C)C)cc2[N+](=O)[O-])[C@H](CC(=O)O)[C@@H](CC(=O)O)[C@@H]1CC(=O)O. The van der Waals surface area contributed by atoms with Crippen LogP contribution in [-0.4, -0.2) is 102 Å². The summed E-state index contributed by atoms with van der Waals surface area (Å²) < 4.78 is 21.1. The van der Waals surface area contributed by atoms with E-state index in [-0.39, 0.29) is 12.2 Å². The number of carboxylic acid groups (broad SMARTS) is 3. The number of carbonyl (C=O) groups is 5. The van der Waals surface area contributed by atoms with Crippen LogP contribution in [0.25, 0.3) is 0 Å². The number of nitrogens with one attached hydrogen (secondary N) is 1. The maximum absolute atomic E-state index is 12.5. The zero-order valence-corrected chi connectivity index (χ0v) is 23.1. The molecule has 1 aliphatic rings. The number of ether oxygens (including phenoxy) is 4. The molecule has 0 radical (unpaired) electrons. The number of carbonyl (C=O) groups excluding carboxylic acids is 2. The Morgan fingerprint density at radius 3 is 2.14 bits per heavy atom. The van der Waals surface area contributed by atoms with Gasteiger partial charge in [0.05, 0.1) is 24.9 Å². The van der Waals surface area contributed by atoms with Gasteiger partial charge in [-0.1, -0.05) is 6.07 Å². The quantitative estimate of drug-likeness (QED) is 0.124. The second kappa shape index (κ2) is 15.5. The van der Waals surface area contributed by atoms with Gasteiger partial charge in [-0.2, -0.15) is 0 Å². The first-order chi connectivity index (χ1) is 19.7. The fraction of sp³-hybridized carbons (Fsp3) is 0.560. The van der Waals surface area contributed by atoms with Gasteiger partial charge in [0.2, 0.25) is 6.29 Å². The van der Waals surface area contributed by atoms with Crippen LogP contribution in [0, 0.1) is 27.9 Å². The van der Waals surface area contributed by atoms with Crippen LogP contribution < -0.4 is 10.1 Å². The van der Waals surface area contributed by atoms with E-state index in [1.54, 1.807) is 0 Å². The summed E-state index contributed by atoms with van der Waals surface area (Å²) in [5.74, 6) is -9.62. The lowest BCUT2D eigenvalue weighted by Gasteiger charge is -2.44. The summed E-state index contributed by atoms with van der Waals surface area (Å²) in [5.41, 5.74) is -0.417. The third-order valence-corrected chi connectivity index (χ3v) is 6.44. The number of aliphatic carboxylic acids is 3. The summed E-state index contributed by atoms with van der Waals surface area (Å²) in [7, 11) is 4.62. The lowest BCUT2D eigenvalue weighted by Crippen LogP contribution is -2.54. The minimum atomic E-state index is -1.72. The van der Waals surface area contributed by atoms with Crippen LogP contribution >= 0.6 is 0 Å². The van der Waals surface area contributed by atoms with E-state index in [1.807, 2.05) is 19.0 Å². The molecule has 17 nitrogen and oxygen atoms in total. The number of likely N-dealkylation sites (N-methyl/N-ethyl adjacent to an activating group) is 1. The Morgan fingerprint density at radius 1 is 1.00 bits per heavy atom. The van der Waals surface area contributed by atoms with Gasteiger partial charge in [-0.3, -0.25) is 24.5 Å². The molecule has 1 aromatic rings. The lowest BCUT2D eigenvalue weighted by molar-refractivity contribution is -0.386. The summed E-state index contributed by atoms with van der Waals surface area (Å²) in [6, 6.07) is 3.53. The number of hydrogen-bond acceptors (Lipinski definition) is 12. The molecule has 0 bridgehead atoms. The number of benzene rings is 1. The third kappa shape index (κ3) is 9.84. The van der Waals surface area contributed by atoms with E-state index in [4.69, 9.17) is 18.9 Å². The molecular weight excluding hydrogens is 566 g/mol. The first-order valence-corrected chi connectivity index (χ1v) is 12.6. The average Bonchev–Trinajstić information content (AvgIpc) is 2.89. The number of methoxy groups -OCH3 is 1. The van der Waals surface area contributed by atoms with Crippen molar-refractivity contribution >= 4 is 35.7 Å². The van der Waals surface area contributed by atoms with E-state index in [0.29, 0.717) is 13.1 Å². The molecule has 1 fully saturated rings. The van der Waals surface area contributed by atoms with Crippen molar-refractivity contribution in [2.75, 3.05) is 34.3 Å². The Bertz CT molecular complexity index is 1170. The average molecular weight is 600 g/mol.